The first-order chi connectivity index (χ1) is 29.2. The lowest BCUT2D eigenvalue weighted by Crippen LogP contribution is -2.00. The Hall–Kier alpha value is -7.95. The number of fused-ring (bicyclic) bond motifs is 4. The van der Waals surface area contributed by atoms with E-state index >= 15 is 0 Å². The van der Waals surface area contributed by atoms with Gasteiger partial charge in [-0.25, -0.2) is 15.0 Å². The Bertz CT molecular complexity index is 3320. The molecule has 0 fully saturated rings. The van der Waals surface area contributed by atoms with Gasteiger partial charge in [0.05, 0.1) is 22.4 Å². The van der Waals surface area contributed by atoms with E-state index in [1.807, 2.05) is 12.1 Å². The van der Waals surface area contributed by atoms with E-state index in [4.69, 9.17) is 15.0 Å². The van der Waals surface area contributed by atoms with Crippen LogP contribution in [0.3, 0.4) is 0 Å². The maximum Gasteiger partial charge on any atom is 0.160 e. The van der Waals surface area contributed by atoms with E-state index < -0.39 is 0 Å². The molecule has 9 aromatic carbocycles. The summed E-state index contributed by atoms with van der Waals surface area (Å²) in [4.78, 5) is 16.1. The molecule has 0 aliphatic rings. The van der Waals surface area contributed by atoms with Crippen molar-refractivity contribution in [3.05, 3.63) is 218 Å². The quantitative estimate of drug-likeness (QED) is 0.152. The van der Waals surface area contributed by atoms with Crippen LogP contribution in [-0.4, -0.2) is 19.5 Å². The zero-order valence-electron chi connectivity index (χ0n) is 32.1. The van der Waals surface area contributed by atoms with Gasteiger partial charge in [0.15, 0.2) is 5.82 Å². The van der Waals surface area contributed by atoms with Crippen molar-refractivity contribution in [2.75, 3.05) is 0 Å². The topological polar surface area (TPSA) is 43.6 Å². The van der Waals surface area contributed by atoms with Crippen molar-refractivity contribution in [2.45, 2.75) is 0 Å². The molecule has 59 heavy (non-hydrogen) atoms. The molecule has 0 aliphatic heterocycles. The molecule has 2 aromatic heterocycles. The lowest BCUT2D eigenvalue weighted by molar-refractivity contribution is 1.10. The first-order valence-corrected chi connectivity index (χ1v) is 19.9. The highest BCUT2D eigenvalue weighted by Crippen LogP contribution is 2.40. The van der Waals surface area contributed by atoms with E-state index in [9.17, 15) is 0 Å². The molecule has 276 valence electrons. The van der Waals surface area contributed by atoms with Crippen LogP contribution in [0.2, 0.25) is 0 Å². The minimum absolute atomic E-state index is 0.641. The summed E-state index contributed by atoms with van der Waals surface area (Å²) in [6.07, 6.45) is 0. The standard InChI is InChI=1S/C55H36N4/c1-4-17-37(18-5-1)39-22-16-23-41(31-39)52-36-51(38-19-6-2-7-20-38)56-54(57-52)43-32-42(49-35-40-21-10-11-26-46(40)47-27-12-13-28-48(47)49)33-44(34-43)55-58-50-29-14-15-30-53(50)59(55)45-24-8-3-9-25-45/h1-36H. The summed E-state index contributed by atoms with van der Waals surface area (Å²) in [5, 5.41) is 4.82. The maximum atomic E-state index is 5.40. The molecule has 2 heterocycles. The molecular weight excluding hydrogens is 717 g/mol. The molecule has 11 rings (SSSR count). The second kappa shape index (κ2) is 14.5. The van der Waals surface area contributed by atoms with Gasteiger partial charge >= 0.3 is 0 Å². The molecule has 4 nitrogen and oxygen atoms in total. The summed E-state index contributed by atoms with van der Waals surface area (Å²) < 4.78 is 2.26. The number of imidazole rings is 1. The van der Waals surface area contributed by atoms with Gasteiger partial charge in [0, 0.05) is 27.9 Å². The number of nitrogens with zero attached hydrogens (tertiary/aromatic N) is 4. The second-order valence-electron chi connectivity index (χ2n) is 14.9. The van der Waals surface area contributed by atoms with Gasteiger partial charge in [0.25, 0.3) is 0 Å². The van der Waals surface area contributed by atoms with Crippen molar-refractivity contribution in [1.82, 2.24) is 19.5 Å². The van der Waals surface area contributed by atoms with E-state index in [1.165, 1.54) is 21.5 Å². The molecule has 0 N–H and O–H groups in total. The van der Waals surface area contributed by atoms with Crippen molar-refractivity contribution < 1.29 is 0 Å². The van der Waals surface area contributed by atoms with Gasteiger partial charge in [-0.1, -0.05) is 158 Å². The van der Waals surface area contributed by atoms with Gasteiger partial charge in [-0.05, 0) is 104 Å². The normalized spacial score (nSPS) is 11.4. The molecule has 11 aromatic rings. The van der Waals surface area contributed by atoms with E-state index in [1.54, 1.807) is 0 Å². The fraction of sp³-hybridized carbons (Fsp3) is 0. The van der Waals surface area contributed by atoms with Gasteiger partial charge in [-0.15, -0.1) is 0 Å². The summed E-state index contributed by atoms with van der Waals surface area (Å²) in [7, 11) is 0. The van der Waals surface area contributed by atoms with Crippen LogP contribution in [-0.2, 0) is 0 Å². The molecule has 0 atom stereocenters. The van der Waals surface area contributed by atoms with E-state index in [0.717, 1.165) is 78.4 Å². The van der Waals surface area contributed by atoms with Crippen LogP contribution < -0.4 is 0 Å². The van der Waals surface area contributed by atoms with Crippen molar-refractivity contribution in [2.24, 2.45) is 0 Å². The Morgan fingerprint density at radius 2 is 0.881 bits per heavy atom. The van der Waals surface area contributed by atoms with E-state index in [-0.39, 0.29) is 0 Å². The third-order valence-electron chi connectivity index (χ3n) is 11.2. The number of aromatic nitrogens is 4. The highest BCUT2D eigenvalue weighted by molar-refractivity contribution is 6.14. The predicted molar refractivity (Wildman–Crippen MR) is 244 cm³/mol. The molecule has 0 bridgehead atoms. The van der Waals surface area contributed by atoms with Crippen LogP contribution in [0, 0.1) is 0 Å². The average Bonchev–Trinajstić information content (AvgIpc) is 3.72. The number of benzene rings is 9. The largest absolute Gasteiger partial charge is 0.292 e. The fourth-order valence-electron chi connectivity index (χ4n) is 8.36. The Morgan fingerprint density at radius 3 is 1.68 bits per heavy atom. The highest BCUT2D eigenvalue weighted by Gasteiger charge is 2.20. The lowest BCUT2D eigenvalue weighted by Gasteiger charge is -2.16. The summed E-state index contributed by atoms with van der Waals surface area (Å²) in [5.74, 6) is 1.49. The third kappa shape index (κ3) is 6.34. The molecule has 0 aliphatic carbocycles. The third-order valence-corrected chi connectivity index (χ3v) is 11.2. The maximum absolute atomic E-state index is 5.40. The fourth-order valence-corrected chi connectivity index (χ4v) is 8.36. The first kappa shape index (κ1) is 34.3. The zero-order valence-corrected chi connectivity index (χ0v) is 32.1. The van der Waals surface area contributed by atoms with Crippen molar-refractivity contribution in [1.29, 1.82) is 0 Å². The number of para-hydroxylation sites is 3. The molecule has 4 heteroatoms. The summed E-state index contributed by atoms with van der Waals surface area (Å²) in [6, 6.07) is 76.9. The second-order valence-corrected chi connectivity index (χ2v) is 14.9. The van der Waals surface area contributed by atoms with Gasteiger partial charge in [0.2, 0.25) is 0 Å². The summed E-state index contributed by atoms with van der Waals surface area (Å²) in [6.45, 7) is 0. The Morgan fingerprint density at radius 1 is 0.322 bits per heavy atom. The minimum Gasteiger partial charge on any atom is -0.292 e. The average molecular weight is 753 g/mol. The van der Waals surface area contributed by atoms with Crippen LogP contribution in [0.15, 0.2) is 218 Å². The van der Waals surface area contributed by atoms with Gasteiger partial charge in [-0.2, -0.15) is 0 Å². The first-order valence-electron chi connectivity index (χ1n) is 19.9. The van der Waals surface area contributed by atoms with E-state index in [0.29, 0.717) is 5.82 Å². The molecule has 0 spiro atoms. The minimum atomic E-state index is 0.641. The Labute approximate surface area is 342 Å². The number of hydrogen-bond acceptors (Lipinski definition) is 3. The van der Waals surface area contributed by atoms with Crippen LogP contribution >= 0.6 is 0 Å². The van der Waals surface area contributed by atoms with Crippen molar-refractivity contribution in [3.8, 4) is 73.2 Å². The molecule has 0 unspecified atom stereocenters. The lowest BCUT2D eigenvalue weighted by atomic mass is 9.91. The predicted octanol–water partition coefficient (Wildman–Crippen LogP) is 14.1. The zero-order chi connectivity index (χ0) is 39.1. The van der Waals surface area contributed by atoms with Gasteiger partial charge in [-0.3, -0.25) is 4.57 Å². The number of hydrogen-bond donors (Lipinski definition) is 0. The van der Waals surface area contributed by atoms with Crippen LogP contribution in [0.25, 0.3) is 106 Å². The van der Waals surface area contributed by atoms with Gasteiger partial charge < -0.3 is 0 Å². The SMILES string of the molecule is c1ccc(-c2cccc(-c3cc(-c4ccccc4)nc(-c4cc(-c5cc6ccccc6c6ccccc56)cc(-c5nc6ccccc6n5-c5ccccc5)c4)n3)c2)cc1. The molecular formula is C55H36N4. The summed E-state index contributed by atoms with van der Waals surface area (Å²) in [5.41, 5.74) is 13.1. The van der Waals surface area contributed by atoms with Crippen LogP contribution in [0.5, 0.6) is 0 Å². The highest BCUT2D eigenvalue weighted by atomic mass is 15.1. The molecule has 0 radical (unpaired) electrons. The Kier molecular flexibility index (Phi) is 8.45. The van der Waals surface area contributed by atoms with Crippen molar-refractivity contribution in [3.63, 3.8) is 0 Å². The van der Waals surface area contributed by atoms with Crippen LogP contribution in [0.1, 0.15) is 0 Å². The monoisotopic (exact) mass is 752 g/mol. The van der Waals surface area contributed by atoms with Crippen LogP contribution in [0.4, 0.5) is 0 Å². The molecule has 0 amide bonds. The molecule has 0 saturated carbocycles. The molecule has 0 saturated heterocycles. The van der Waals surface area contributed by atoms with E-state index in [2.05, 4.69) is 211 Å². The smallest absolute Gasteiger partial charge is 0.160 e. The number of rotatable bonds is 7. The van der Waals surface area contributed by atoms with Gasteiger partial charge in [0.1, 0.15) is 5.82 Å². The van der Waals surface area contributed by atoms with Crippen molar-refractivity contribution >= 4 is 32.6 Å². The summed E-state index contributed by atoms with van der Waals surface area (Å²) >= 11 is 0. The Balaban J connectivity index is 1.20.